The van der Waals surface area contributed by atoms with Gasteiger partial charge in [-0.3, -0.25) is 9.78 Å². The maximum atomic E-state index is 12.6. The number of benzene rings is 2. The molecule has 1 heterocycles. The average Bonchev–Trinajstić information content (AvgIpc) is 2.62. The van der Waals surface area contributed by atoms with Crippen LogP contribution in [0.5, 0.6) is 0 Å². The molecule has 1 atom stereocenters. The Labute approximate surface area is 147 Å². The number of methoxy groups -OCH3 is 1. The topological polar surface area (TPSA) is 51.2 Å². The molecular formula is C21H22N2O2. The number of carbonyl (C=O) groups excluding carboxylic acids is 1. The quantitative estimate of drug-likeness (QED) is 0.768. The molecular weight excluding hydrogens is 312 g/mol. The highest BCUT2D eigenvalue weighted by atomic mass is 16.5. The molecule has 25 heavy (non-hydrogen) atoms. The lowest BCUT2D eigenvalue weighted by atomic mass is 10.1. The van der Waals surface area contributed by atoms with Gasteiger partial charge in [-0.2, -0.15) is 0 Å². The van der Waals surface area contributed by atoms with Crippen LogP contribution in [0.2, 0.25) is 0 Å². The average molecular weight is 334 g/mol. The van der Waals surface area contributed by atoms with Gasteiger partial charge in [-0.1, -0.05) is 42.5 Å². The van der Waals surface area contributed by atoms with E-state index in [1.54, 1.807) is 7.11 Å². The minimum absolute atomic E-state index is 0.134. The number of hydrogen-bond acceptors (Lipinski definition) is 3. The Morgan fingerprint density at radius 2 is 1.88 bits per heavy atom. The molecule has 0 bridgehead atoms. The number of nitrogens with zero attached hydrogens (tertiary/aromatic N) is 1. The van der Waals surface area contributed by atoms with Gasteiger partial charge < -0.3 is 10.1 Å². The van der Waals surface area contributed by atoms with Gasteiger partial charge in [-0.25, -0.2) is 0 Å². The van der Waals surface area contributed by atoms with Gasteiger partial charge in [0.1, 0.15) is 0 Å². The summed E-state index contributed by atoms with van der Waals surface area (Å²) in [7, 11) is 1.65. The van der Waals surface area contributed by atoms with E-state index in [-0.39, 0.29) is 12.0 Å². The van der Waals surface area contributed by atoms with E-state index in [9.17, 15) is 4.79 Å². The van der Waals surface area contributed by atoms with Crippen LogP contribution in [0.15, 0.2) is 54.6 Å². The fraction of sp³-hybridized carbons (Fsp3) is 0.238. The molecule has 0 aliphatic carbocycles. The van der Waals surface area contributed by atoms with Gasteiger partial charge in [0.05, 0.1) is 22.9 Å². The normalized spacial score (nSPS) is 12.1. The van der Waals surface area contributed by atoms with Crippen molar-refractivity contribution >= 4 is 16.8 Å². The third-order valence-corrected chi connectivity index (χ3v) is 4.31. The molecule has 0 spiro atoms. The van der Waals surface area contributed by atoms with Crippen LogP contribution in [0.3, 0.4) is 0 Å². The van der Waals surface area contributed by atoms with E-state index >= 15 is 0 Å². The molecule has 1 N–H and O–H groups in total. The van der Waals surface area contributed by atoms with Crippen LogP contribution in [0, 0.1) is 13.8 Å². The minimum atomic E-state index is -0.179. The standard InChI is InChI=1S/C21H22N2O2/c1-14-9-10-17-12-18(15(2)23-19(17)11-14)21(24)22-13-20(25-3)16-7-5-4-6-8-16/h4-12,20H,13H2,1-3H3,(H,22,24). The first-order valence-corrected chi connectivity index (χ1v) is 8.32. The van der Waals surface area contributed by atoms with Gasteiger partial charge in [0.2, 0.25) is 0 Å². The Bertz CT molecular complexity index is 891. The van der Waals surface area contributed by atoms with Crippen molar-refractivity contribution in [1.82, 2.24) is 10.3 Å². The van der Waals surface area contributed by atoms with Gasteiger partial charge in [-0.05, 0) is 37.1 Å². The van der Waals surface area contributed by atoms with E-state index in [0.717, 1.165) is 27.7 Å². The van der Waals surface area contributed by atoms with Crippen molar-refractivity contribution in [2.45, 2.75) is 20.0 Å². The molecule has 3 aromatic rings. The number of amides is 1. The molecule has 0 aliphatic heterocycles. The summed E-state index contributed by atoms with van der Waals surface area (Å²) in [5, 5.41) is 3.93. The van der Waals surface area contributed by atoms with Gasteiger partial charge >= 0.3 is 0 Å². The van der Waals surface area contributed by atoms with Crippen molar-refractivity contribution in [2.75, 3.05) is 13.7 Å². The molecule has 0 aliphatic rings. The zero-order valence-electron chi connectivity index (χ0n) is 14.7. The maximum Gasteiger partial charge on any atom is 0.253 e. The molecule has 2 aromatic carbocycles. The smallest absolute Gasteiger partial charge is 0.253 e. The summed E-state index contributed by atoms with van der Waals surface area (Å²) in [6.07, 6.45) is -0.179. The van der Waals surface area contributed by atoms with E-state index in [2.05, 4.69) is 10.3 Å². The summed E-state index contributed by atoms with van der Waals surface area (Å²) in [5.41, 5.74) is 4.42. The zero-order chi connectivity index (χ0) is 17.8. The molecule has 1 aromatic heterocycles. The molecule has 1 unspecified atom stereocenters. The van der Waals surface area contributed by atoms with Crippen molar-refractivity contribution in [3.8, 4) is 0 Å². The van der Waals surface area contributed by atoms with Gasteiger partial charge in [-0.15, -0.1) is 0 Å². The third-order valence-electron chi connectivity index (χ3n) is 4.31. The lowest BCUT2D eigenvalue weighted by Gasteiger charge is -2.17. The number of pyridine rings is 1. The predicted molar refractivity (Wildman–Crippen MR) is 99.7 cm³/mol. The van der Waals surface area contributed by atoms with Crippen LogP contribution in [0.25, 0.3) is 10.9 Å². The van der Waals surface area contributed by atoms with E-state index in [4.69, 9.17) is 4.74 Å². The van der Waals surface area contributed by atoms with Crippen LogP contribution in [0.1, 0.15) is 33.3 Å². The monoisotopic (exact) mass is 334 g/mol. The second kappa shape index (κ2) is 7.45. The Morgan fingerprint density at radius 1 is 1.12 bits per heavy atom. The van der Waals surface area contributed by atoms with E-state index in [1.165, 1.54) is 0 Å². The highest BCUT2D eigenvalue weighted by molar-refractivity contribution is 5.98. The Hall–Kier alpha value is -2.72. The number of hydrogen-bond donors (Lipinski definition) is 1. The summed E-state index contributed by atoms with van der Waals surface area (Å²) in [6.45, 7) is 4.30. The zero-order valence-corrected chi connectivity index (χ0v) is 14.7. The van der Waals surface area contributed by atoms with Crippen LogP contribution < -0.4 is 5.32 Å². The maximum absolute atomic E-state index is 12.6. The van der Waals surface area contributed by atoms with Gasteiger partial charge in [0.15, 0.2) is 0 Å². The molecule has 0 saturated heterocycles. The second-order valence-electron chi connectivity index (χ2n) is 6.16. The molecule has 3 rings (SSSR count). The number of aryl methyl sites for hydroxylation is 2. The number of fused-ring (bicyclic) bond motifs is 1. The van der Waals surface area contributed by atoms with Crippen molar-refractivity contribution < 1.29 is 9.53 Å². The fourth-order valence-electron chi connectivity index (χ4n) is 2.89. The summed E-state index contributed by atoms with van der Waals surface area (Å²) in [4.78, 5) is 17.2. The Balaban J connectivity index is 1.78. The number of rotatable bonds is 5. The highest BCUT2D eigenvalue weighted by Gasteiger charge is 2.15. The first-order valence-electron chi connectivity index (χ1n) is 8.32. The van der Waals surface area contributed by atoms with Gasteiger partial charge in [0.25, 0.3) is 5.91 Å². The van der Waals surface area contributed by atoms with E-state index in [1.807, 2.05) is 68.4 Å². The molecule has 4 heteroatoms. The molecule has 0 saturated carbocycles. The fourth-order valence-corrected chi connectivity index (χ4v) is 2.89. The van der Waals surface area contributed by atoms with Crippen LogP contribution in [-0.4, -0.2) is 24.5 Å². The van der Waals surface area contributed by atoms with Crippen LogP contribution in [-0.2, 0) is 4.74 Å². The molecule has 0 radical (unpaired) electrons. The predicted octanol–water partition coefficient (Wildman–Crippen LogP) is 3.97. The SMILES string of the molecule is COC(CNC(=O)c1cc2ccc(C)cc2nc1C)c1ccccc1. The van der Waals surface area contributed by atoms with Crippen LogP contribution >= 0.6 is 0 Å². The number of ether oxygens (including phenoxy) is 1. The van der Waals surface area contributed by atoms with E-state index in [0.29, 0.717) is 12.1 Å². The molecule has 128 valence electrons. The summed E-state index contributed by atoms with van der Waals surface area (Å²) in [5.74, 6) is -0.134. The number of carbonyl (C=O) groups is 1. The molecule has 4 nitrogen and oxygen atoms in total. The number of aromatic nitrogens is 1. The first kappa shape index (κ1) is 17.1. The first-order chi connectivity index (χ1) is 12.1. The van der Waals surface area contributed by atoms with Crippen molar-refractivity contribution in [2.24, 2.45) is 0 Å². The molecule has 0 fully saturated rings. The van der Waals surface area contributed by atoms with Crippen molar-refractivity contribution in [3.05, 3.63) is 77.0 Å². The highest BCUT2D eigenvalue weighted by Crippen LogP contribution is 2.19. The largest absolute Gasteiger partial charge is 0.375 e. The van der Waals surface area contributed by atoms with Crippen molar-refractivity contribution in [3.63, 3.8) is 0 Å². The lowest BCUT2D eigenvalue weighted by molar-refractivity contribution is 0.0827. The minimum Gasteiger partial charge on any atom is -0.375 e. The summed E-state index contributed by atoms with van der Waals surface area (Å²) in [6, 6.07) is 17.8. The van der Waals surface area contributed by atoms with Crippen LogP contribution in [0.4, 0.5) is 0 Å². The Morgan fingerprint density at radius 3 is 2.60 bits per heavy atom. The van der Waals surface area contributed by atoms with Crippen molar-refractivity contribution in [1.29, 1.82) is 0 Å². The number of nitrogens with one attached hydrogen (secondary N) is 1. The lowest BCUT2D eigenvalue weighted by Crippen LogP contribution is -2.29. The van der Waals surface area contributed by atoms with E-state index < -0.39 is 0 Å². The third kappa shape index (κ3) is 3.86. The Kier molecular flexibility index (Phi) is 5.10. The molecule has 1 amide bonds. The second-order valence-corrected chi connectivity index (χ2v) is 6.16. The summed E-state index contributed by atoms with van der Waals surface area (Å²) >= 11 is 0. The van der Waals surface area contributed by atoms with Gasteiger partial charge in [0, 0.05) is 19.0 Å². The summed E-state index contributed by atoms with van der Waals surface area (Å²) < 4.78 is 5.51.